The van der Waals surface area contributed by atoms with Gasteiger partial charge in [-0.15, -0.1) is 0 Å². The van der Waals surface area contributed by atoms with Crippen molar-refractivity contribution in [3.63, 3.8) is 0 Å². The van der Waals surface area contributed by atoms with E-state index in [1.807, 2.05) is 95.3 Å². The molecule has 4 aromatic carbocycles. The van der Waals surface area contributed by atoms with E-state index < -0.39 is 28.5 Å². The largest absolute Gasteiger partial charge is 0.352 e. The van der Waals surface area contributed by atoms with Crippen LogP contribution in [-0.4, -0.2) is 43.8 Å². The van der Waals surface area contributed by atoms with E-state index in [-0.39, 0.29) is 29.8 Å². The highest BCUT2D eigenvalue weighted by Gasteiger charge is 2.35. The standard InChI is InChI=1S/C36H40BrN3O4S/c1-25(2)38-36(42)34(22-29-11-7-6-8-12-29)39(23-30-16-18-31(37)19-17-30)35(41)24-40(33-13-9-10-27(4)28(33)5)45(43,44)32-20-14-26(3)15-21-32/h6-21,25,34H,22-24H2,1-5H3,(H,38,42)/t34-/m1/s1. The van der Waals surface area contributed by atoms with Gasteiger partial charge in [-0.2, -0.15) is 0 Å². The molecule has 236 valence electrons. The lowest BCUT2D eigenvalue weighted by molar-refractivity contribution is -0.140. The first-order valence-electron chi connectivity index (χ1n) is 14.9. The van der Waals surface area contributed by atoms with Gasteiger partial charge in [0.15, 0.2) is 0 Å². The maximum absolute atomic E-state index is 14.6. The van der Waals surface area contributed by atoms with E-state index in [1.165, 1.54) is 9.21 Å². The zero-order valence-electron chi connectivity index (χ0n) is 26.3. The highest BCUT2D eigenvalue weighted by molar-refractivity contribution is 9.10. The van der Waals surface area contributed by atoms with Gasteiger partial charge in [-0.25, -0.2) is 8.42 Å². The summed E-state index contributed by atoms with van der Waals surface area (Å²) in [5.41, 5.74) is 4.67. The molecule has 0 aliphatic heterocycles. The molecule has 9 heteroatoms. The number of amides is 2. The van der Waals surface area contributed by atoms with Gasteiger partial charge in [0, 0.05) is 23.5 Å². The van der Waals surface area contributed by atoms with Crippen LogP contribution in [0.2, 0.25) is 0 Å². The summed E-state index contributed by atoms with van der Waals surface area (Å²) in [4.78, 5) is 30.0. The number of halogens is 1. The third kappa shape index (κ3) is 8.61. The van der Waals surface area contributed by atoms with E-state index >= 15 is 0 Å². The lowest BCUT2D eigenvalue weighted by atomic mass is 10.0. The summed E-state index contributed by atoms with van der Waals surface area (Å²) in [6, 6.07) is 28.0. The Hall–Kier alpha value is -3.95. The number of hydrogen-bond donors (Lipinski definition) is 1. The quantitative estimate of drug-likeness (QED) is 0.179. The van der Waals surface area contributed by atoms with Crippen molar-refractivity contribution >= 4 is 43.5 Å². The first-order chi connectivity index (χ1) is 21.4. The molecule has 0 heterocycles. The molecule has 0 bridgehead atoms. The molecule has 4 rings (SSSR count). The summed E-state index contributed by atoms with van der Waals surface area (Å²) < 4.78 is 30.6. The average Bonchev–Trinajstić information content (AvgIpc) is 3.00. The second-order valence-corrected chi connectivity index (χ2v) is 14.3. The summed E-state index contributed by atoms with van der Waals surface area (Å²) in [5, 5.41) is 2.98. The second-order valence-electron chi connectivity index (χ2n) is 11.6. The Balaban J connectivity index is 1.83. The number of rotatable bonds is 12. The van der Waals surface area contributed by atoms with Crippen molar-refractivity contribution in [3.8, 4) is 0 Å². The lowest BCUT2D eigenvalue weighted by Crippen LogP contribution is -2.54. The molecule has 7 nitrogen and oxygen atoms in total. The number of sulfonamides is 1. The van der Waals surface area contributed by atoms with Crippen LogP contribution >= 0.6 is 15.9 Å². The van der Waals surface area contributed by atoms with Crippen LogP contribution in [0.3, 0.4) is 0 Å². The molecule has 0 saturated heterocycles. The van der Waals surface area contributed by atoms with Crippen molar-refractivity contribution in [2.24, 2.45) is 0 Å². The minimum atomic E-state index is -4.16. The maximum atomic E-state index is 14.6. The van der Waals surface area contributed by atoms with Gasteiger partial charge in [-0.3, -0.25) is 13.9 Å². The molecule has 4 aromatic rings. The Morgan fingerprint density at radius 3 is 2.07 bits per heavy atom. The molecule has 0 aromatic heterocycles. The molecule has 45 heavy (non-hydrogen) atoms. The molecular weight excluding hydrogens is 650 g/mol. The van der Waals surface area contributed by atoms with E-state index in [4.69, 9.17) is 0 Å². The molecule has 1 atom stereocenters. The van der Waals surface area contributed by atoms with Crippen molar-refractivity contribution in [1.29, 1.82) is 0 Å². The fourth-order valence-corrected chi connectivity index (χ4v) is 6.81. The highest BCUT2D eigenvalue weighted by Crippen LogP contribution is 2.29. The fraction of sp³-hybridized carbons (Fsp3) is 0.278. The van der Waals surface area contributed by atoms with Gasteiger partial charge in [-0.05, 0) is 87.2 Å². The third-order valence-electron chi connectivity index (χ3n) is 7.70. The van der Waals surface area contributed by atoms with Crippen molar-refractivity contribution in [3.05, 3.63) is 129 Å². The lowest BCUT2D eigenvalue weighted by Gasteiger charge is -2.34. The Kier molecular flexibility index (Phi) is 11.2. The molecule has 2 amide bonds. The molecular formula is C36H40BrN3O4S. The number of anilines is 1. The number of nitrogens with zero attached hydrogens (tertiary/aromatic N) is 2. The zero-order chi connectivity index (χ0) is 32.7. The van der Waals surface area contributed by atoms with E-state index in [0.29, 0.717) is 5.69 Å². The monoisotopic (exact) mass is 689 g/mol. The van der Waals surface area contributed by atoms with Crippen molar-refractivity contribution in [2.45, 2.75) is 64.6 Å². The van der Waals surface area contributed by atoms with Crippen LogP contribution in [0.1, 0.15) is 41.7 Å². The molecule has 0 unspecified atom stereocenters. The smallest absolute Gasteiger partial charge is 0.264 e. The first-order valence-corrected chi connectivity index (χ1v) is 17.1. The van der Waals surface area contributed by atoms with Gasteiger partial charge in [0.05, 0.1) is 10.6 Å². The van der Waals surface area contributed by atoms with E-state index in [1.54, 1.807) is 36.4 Å². The molecule has 0 radical (unpaired) electrons. The van der Waals surface area contributed by atoms with Crippen LogP contribution in [0, 0.1) is 20.8 Å². The summed E-state index contributed by atoms with van der Waals surface area (Å²) in [5.74, 6) is -0.798. The third-order valence-corrected chi connectivity index (χ3v) is 10.0. The van der Waals surface area contributed by atoms with Crippen LogP contribution in [0.15, 0.2) is 106 Å². The Bertz CT molecular complexity index is 1720. The van der Waals surface area contributed by atoms with Crippen molar-refractivity contribution < 1.29 is 18.0 Å². The molecule has 0 aliphatic carbocycles. The highest BCUT2D eigenvalue weighted by atomic mass is 79.9. The van der Waals surface area contributed by atoms with Crippen molar-refractivity contribution in [2.75, 3.05) is 10.8 Å². The van der Waals surface area contributed by atoms with Gasteiger partial charge in [0.2, 0.25) is 11.8 Å². The number of aryl methyl sites for hydroxylation is 2. The Morgan fingerprint density at radius 2 is 1.44 bits per heavy atom. The van der Waals surface area contributed by atoms with E-state index in [0.717, 1.165) is 32.3 Å². The van der Waals surface area contributed by atoms with Gasteiger partial charge >= 0.3 is 0 Å². The topological polar surface area (TPSA) is 86.8 Å². The van der Waals surface area contributed by atoms with Crippen LogP contribution in [-0.2, 0) is 32.6 Å². The molecule has 0 fully saturated rings. The normalized spacial score (nSPS) is 12.1. The van der Waals surface area contributed by atoms with Crippen LogP contribution in [0.4, 0.5) is 5.69 Å². The Labute approximate surface area is 275 Å². The first kappa shape index (κ1) is 33.9. The SMILES string of the molecule is Cc1ccc(S(=O)(=O)N(CC(=O)N(Cc2ccc(Br)cc2)[C@H](Cc2ccccc2)C(=O)NC(C)C)c2cccc(C)c2C)cc1. The molecule has 0 aliphatic rings. The van der Waals surface area contributed by atoms with Crippen LogP contribution in [0.25, 0.3) is 0 Å². The number of hydrogen-bond acceptors (Lipinski definition) is 4. The molecule has 0 saturated carbocycles. The summed E-state index contributed by atoms with van der Waals surface area (Å²) >= 11 is 3.47. The van der Waals surface area contributed by atoms with Gasteiger partial charge < -0.3 is 10.2 Å². The predicted octanol–water partition coefficient (Wildman–Crippen LogP) is 6.73. The minimum absolute atomic E-state index is 0.0830. The molecule has 1 N–H and O–H groups in total. The number of benzene rings is 4. The molecule has 0 spiro atoms. The minimum Gasteiger partial charge on any atom is -0.352 e. The maximum Gasteiger partial charge on any atom is 0.264 e. The predicted molar refractivity (Wildman–Crippen MR) is 184 cm³/mol. The second kappa shape index (κ2) is 14.9. The van der Waals surface area contributed by atoms with Gasteiger partial charge in [0.1, 0.15) is 12.6 Å². The van der Waals surface area contributed by atoms with E-state index in [2.05, 4.69) is 21.2 Å². The summed E-state index contributed by atoms with van der Waals surface area (Å²) in [7, 11) is -4.16. The van der Waals surface area contributed by atoms with Crippen molar-refractivity contribution in [1.82, 2.24) is 10.2 Å². The van der Waals surface area contributed by atoms with Crippen LogP contribution < -0.4 is 9.62 Å². The number of nitrogens with one attached hydrogen (secondary N) is 1. The van der Waals surface area contributed by atoms with Crippen LogP contribution in [0.5, 0.6) is 0 Å². The van der Waals surface area contributed by atoms with E-state index in [9.17, 15) is 18.0 Å². The van der Waals surface area contributed by atoms with Gasteiger partial charge in [-0.1, -0.05) is 88.2 Å². The summed E-state index contributed by atoms with van der Waals surface area (Å²) in [6.45, 7) is 9.00. The fourth-order valence-electron chi connectivity index (χ4n) is 5.08. The average molecular weight is 691 g/mol. The zero-order valence-corrected chi connectivity index (χ0v) is 28.7. The summed E-state index contributed by atoms with van der Waals surface area (Å²) in [6.07, 6.45) is 0.260. The number of carbonyl (C=O) groups is 2. The van der Waals surface area contributed by atoms with Gasteiger partial charge in [0.25, 0.3) is 10.0 Å². The number of carbonyl (C=O) groups excluding carboxylic acids is 2. The Morgan fingerprint density at radius 1 is 0.800 bits per heavy atom.